The molecule has 136 valence electrons. The van der Waals surface area contributed by atoms with Gasteiger partial charge in [0.15, 0.2) is 0 Å². The summed E-state index contributed by atoms with van der Waals surface area (Å²) in [5.41, 5.74) is 2.28. The highest BCUT2D eigenvalue weighted by molar-refractivity contribution is 5.54. The normalized spacial score (nSPS) is 21.8. The minimum Gasteiger partial charge on any atom is -0.396 e. The molecule has 1 aromatic carbocycles. The van der Waals surface area contributed by atoms with Gasteiger partial charge in [0.25, 0.3) is 0 Å². The molecule has 0 saturated carbocycles. The van der Waals surface area contributed by atoms with Crippen molar-refractivity contribution in [3.05, 3.63) is 29.8 Å². The minimum absolute atomic E-state index is 0.286. The third-order valence-corrected chi connectivity index (χ3v) is 5.14. The molecular formula is C18H28N6O. The van der Waals surface area contributed by atoms with Gasteiger partial charge in [-0.3, -0.25) is 4.90 Å². The molecule has 0 unspecified atom stereocenters. The van der Waals surface area contributed by atoms with Crippen molar-refractivity contribution in [1.29, 1.82) is 0 Å². The van der Waals surface area contributed by atoms with E-state index in [-0.39, 0.29) is 6.61 Å². The third kappa shape index (κ3) is 4.62. The number of aromatic nitrogens is 4. The average molecular weight is 344 g/mol. The predicted molar refractivity (Wildman–Crippen MR) is 96.8 cm³/mol. The Bertz CT molecular complexity index is 628. The Labute approximate surface area is 149 Å². The van der Waals surface area contributed by atoms with E-state index < -0.39 is 0 Å². The first-order valence-corrected chi connectivity index (χ1v) is 8.99. The number of nitrogens with one attached hydrogen (secondary N) is 1. The number of aliphatic hydroxyl groups is 1. The van der Waals surface area contributed by atoms with Crippen LogP contribution < -0.4 is 0 Å². The number of aromatic amines is 1. The molecule has 0 bridgehead atoms. The summed E-state index contributed by atoms with van der Waals surface area (Å²) >= 11 is 0. The summed E-state index contributed by atoms with van der Waals surface area (Å²) in [5.74, 6) is 1.25. The first-order chi connectivity index (χ1) is 12.2. The van der Waals surface area contributed by atoms with Gasteiger partial charge in [-0.1, -0.05) is 24.3 Å². The lowest BCUT2D eigenvalue weighted by Crippen LogP contribution is -2.48. The van der Waals surface area contributed by atoms with Gasteiger partial charge < -0.3 is 10.0 Å². The maximum atomic E-state index is 9.18. The highest BCUT2D eigenvalue weighted by Gasteiger charge is 2.30. The van der Waals surface area contributed by atoms with Gasteiger partial charge in [-0.25, -0.2) is 0 Å². The highest BCUT2D eigenvalue weighted by Crippen LogP contribution is 2.26. The van der Waals surface area contributed by atoms with E-state index in [2.05, 4.69) is 68.8 Å². The Morgan fingerprint density at radius 3 is 2.72 bits per heavy atom. The Morgan fingerprint density at radius 2 is 2.08 bits per heavy atom. The van der Waals surface area contributed by atoms with E-state index in [9.17, 15) is 5.11 Å². The van der Waals surface area contributed by atoms with Crippen LogP contribution in [-0.2, 0) is 6.54 Å². The van der Waals surface area contributed by atoms with Gasteiger partial charge in [0.05, 0.1) is 0 Å². The fourth-order valence-corrected chi connectivity index (χ4v) is 3.86. The summed E-state index contributed by atoms with van der Waals surface area (Å²) in [6.45, 7) is 3.46. The van der Waals surface area contributed by atoms with Gasteiger partial charge in [-0.05, 0) is 56.6 Å². The average Bonchev–Trinajstić information content (AvgIpc) is 3.15. The lowest BCUT2D eigenvalue weighted by molar-refractivity contribution is 0.0717. The molecule has 0 radical (unpaired) electrons. The minimum atomic E-state index is 0.286. The zero-order valence-electron chi connectivity index (χ0n) is 15.1. The van der Waals surface area contributed by atoms with E-state index in [1.807, 2.05) is 0 Å². The third-order valence-electron chi connectivity index (χ3n) is 5.14. The Balaban J connectivity index is 1.60. The summed E-state index contributed by atoms with van der Waals surface area (Å²) in [6.07, 6.45) is 3.17. The van der Waals surface area contributed by atoms with Gasteiger partial charge in [-0.15, -0.1) is 10.2 Å². The van der Waals surface area contributed by atoms with E-state index in [0.29, 0.717) is 17.8 Å². The Kier molecular flexibility index (Phi) is 6.12. The monoisotopic (exact) mass is 344 g/mol. The van der Waals surface area contributed by atoms with E-state index in [0.717, 1.165) is 38.0 Å². The SMILES string of the molecule is CN(C)[C@H]1CCN(Cc2ccc(-c3nn[nH]n3)cc2)C[C@H]1CCCO. The molecule has 0 aliphatic carbocycles. The number of rotatable bonds is 7. The number of aliphatic hydroxyl groups excluding tert-OH is 1. The van der Waals surface area contributed by atoms with Crippen LogP contribution in [-0.4, -0.2) is 75.4 Å². The van der Waals surface area contributed by atoms with Gasteiger partial charge in [-0.2, -0.15) is 5.21 Å². The topological polar surface area (TPSA) is 81.2 Å². The lowest BCUT2D eigenvalue weighted by atomic mass is 9.87. The summed E-state index contributed by atoms with van der Waals surface area (Å²) < 4.78 is 0. The summed E-state index contributed by atoms with van der Waals surface area (Å²) in [6, 6.07) is 9.01. The van der Waals surface area contributed by atoms with Crippen LogP contribution in [0.4, 0.5) is 0 Å². The molecule has 7 heteroatoms. The van der Waals surface area contributed by atoms with Crippen LogP contribution >= 0.6 is 0 Å². The molecule has 1 aromatic heterocycles. The van der Waals surface area contributed by atoms with Crippen molar-refractivity contribution < 1.29 is 5.11 Å². The number of likely N-dealkylation sites (tertiary alicyclic amines) is 1. The van der Waals surface area contributed by atoms with Crippen LogP contribution in [0.5, 0.6) is 0 Å². The molecule has 7 nitrogen and oxygen atoms in total. The number of tetrazole rings is 1. The summed E-state index contributed by atoms with van der Waals surface area (Å²) in [4.78, 5) is 4.88. The highest BCUT2D eigenvalue weighted by atomic mass is 16.2. The van der Waals surface area contributed by atoms with Crippen molar-refractivity contribution in [2.45, 2.75) is 31.8 Å². The molecular weight excluding hydrogens is 316 g/mol. The standard InChI is InChI=1S/C18H28N6O/c1-23(2)17-9-10-24(13-16(17)4-3-11-25)12-14-5-7-15(8-6-14)18-19-21-22-20-18/h5-8,16-17,25H,3-4,9-13H2,1-2H3,(H,19,20,21,22)/t16-,17+/m1/s1. The first-order valence-electron chi connectivity index (χ1n) is 8.99. The summed E-state index contributed by atoms with van der Waals surface area (Å²) in [5, 5.41) is 23.3. The molecule has 2 heterocycles. The van der Waals surface area contributed by atoms with Crippen molar-refractivity contribution in [1.82, 2.24) is 30.4 Å². The van der Waals surface area contributed by atoms with Gasteiger partial charge >= 0.3 is 0 Å². The smallest absolute Gasteiger partial charge is 0.204 e. The second kappa shape index (κ2) is 8.51. The summed E-state index contributed by atoms with van der Waals surface area (Å²) in [7, 11) is 4.34. The van der Waals surface area contributed by atoms with Gasteiger partial charge in [0.1, 0.15) is 0 Å². The number of piperidine rings is 1. The number of hydrogen-bond donors (Lipinski definition) is 2. The first kappa shape index (κ1) is 18.0. The fraction of sp³-hybridized carbons (Fsp3) is 0.611. The lowest BCUT2D eigenvalue weighted by Gasteiger charge is -2.41. The molecule has 2 atom stereocenters. The molecule has 1 fully saturated rings. The number of H-pyrrole nitrogens is 1. The Morgan fingerprint density at radius 1 is 1.28 bits per heavy atom. The number of hydrogen-bond acceptors (Lipinski definition) is 6. The predicted octanol–water partition coefficient (Wildman–Crippen LogP) is 1.39. The molecule has 3 rings (SSSR count). The van der Waals surface area contributed by atoms with Gasteiger partial charge in [0.2, 0.25) is 5.82 Å². The van der Waals surface area contributed by atoms with Crippen LogP contribution in [0, 0.1) is 5.92 Å². The molecule has 0 spiro atoms. The van der Waals surface area contributed by atoms with Crippen molar-refractivity contribution in [3.8, 4) is 11.4 Å². The van der Waals surface area contributed by atoms with Crippen LogP contribution in [0.25, 0.3) is 11.4 Å². The van der Waals surface area contributed by atoms with Crippen LogP contribution in [0.3, 0.4) is 0 Å². The molecule has 25 heavy (non-hydrogen) atoms. The van der Waals surface area contributed by atoms with Crippen molar-refractivity contribution >= 4 is 0 Å². The zero-order valence-corrected chi connectivity index (χ0v) is 15.1. The molecule has 1 aliphatic heterocycles. The number of nitrogens with zero attached hydrogens (tertiary/aromatic N) is 5. The molecule has 1 saturated heterocycles. The van der Waals surface area contributed by atoms with E-state index in [1.54, 1.807) is 0 Å². The van der Waals surface area contributed by atoms with Crippen molar-refractivity contribution in [2.24, 2.45) is 5.92 Å². The second-order valence-corrected chi connectivity index (χ2v) is 7.11. The van der Waals surface area contributed by atoms with Crippen LogP contribution in [0.2, 0.25) is 0 Å². The molecule has 2 N–H and O–H groups in total. The molecule has 1 aliphatic rings. The fourth-order valence-electron chi connectivity index (χ4n) is 3.86. The van der Waals surface area contributed by atoms with Crippen LogP contribution in [0.15, 0.2) is 24.3 Å². The Hall–Kier alpha value is -1.83. The second-order valence-electron chi connectivity index (χ2n) is 7.11. The van der Waals surface area contributed by atoms with E-state index in [1.165, 1.54) is 12.0 Å². The van der Waals surface area contributed by atoms with E-state index in [4.69, 9.17) is 0 Å². The molecule has 2 aromatic rings. The van der Waals surface area contributed by atoms with Gasteiger partial charge in [0, 0.05) is 31.3 Å². The van der Waals surface area contributed by atoms with Crippen molar-refractivity contribution in [2.75, 3.05) is 33.8 Å². The number of benzene rings is 1. The maximum absolute atomic E-state index is 9.18. The zero-order chi connectivity index (χ0) is 17.6. The largest absolute Gasteiger partial charge is 0.396 e. The van der Waals surface area contributed by atoms with Crippen molar-refractivity contribution in [3.63, 3.8) is 0 Å². The van der Waals surface area contributed by atoms with Crippen LogP contribution in [0.1, 0.15) is 24.8 Å². The van der Waals surface area contributed by atoms with E-state index >= 15 is 0 Å². The maximum Gasteiger partial charge on any atom is 0.204 e. The quantitative estimate of drug-likeness (QED) is 0.790. The molecule has 0 amide bonds.